The molecule has 0 aliphatic rings. The maximum atomic E-state index is 8.81. The van der Waals surface area contributed by atoms with Crippen molar-refractivity contribution in [2.24, 2.45) is 4.99 Å². The van der Waals surface area contributed by atoms with Crippen LogP contribution in [0.4, 0.5) is 11.4 Å². The van der Waals surface area contributed by atoms with Gasteiger partial charge in [0.05, 0.1) is 12.3 Å². The molecule has 0 saturated heterocycles. The summed E-state index contributed by atoms with van der Waals surface area (Å²) in [7, 11) is 0. The van der Waals surface area contributed by atoms with Gasteiger partial charge in [0.2, 0.25) is 0 Å². The van der Waals surface area contributed by atoms with Crippen LogP contribution in [-0.2, 0) is 0 Å². The Kier molecular flexibility index (Phi) is 5.80. The van der Waals surface area contributed by atoms with Crippen LogP contribution in [0.5, 0.6) is 11.5 Å². The fourth-order valence-corrected chi connectivity index (χ4v) is 2.27. The minimum Gasteiger partial charge on any atom is -0.457 e. The highest BCUT2D eigenvalue weighted by Gasteiger charge is 1.98. The van der Waals surface area contributed by atoms with Crippen molar-refractivity contribution in [3.05, 3.63) is 84.4 Å². The standard InChI is InChI=1S/C21H20N2O2/c24-15-14-22-18-6-10-20(11-7-18)25-21-12-8-19(9-13-21)23-16-17-4-2-1-3-5-17/h1-13,16,22,24H,14-15H2. The zero-order valence-electron chi connectivity index (χ0n) is 13.8. The second kappa shape index (κ2) is 8.66. The Morgan fingerprint density at radius 2 is 1.48 bits per heavy atom. The van der Waals surface area contributed by atoms with E-state index in [1.54, 1.807) is 0 Å². The Labute approximate surface area is 147 Å². The van der Waals surface area contributed by atoms with Gasteiger partial charge in [-0.3, -0.25) is 4.99 Å². The van der Waals surface area contributed by atoms with Crippen LogP contribution in [0, 0.1) is 0 Å². The summed E-state index contributed by atoms with van der Waals surface area (Å²) in [5.74, 6) is 1.52. The van der Waals surface area contributed by atoms with Crippen LogP contribution in [0.25, 0.3) is 0 Å². The highest BCUT2D eigenvalue weighted by Crippen LogP contribution is 2.25. The molecule has 0 radical (unpaired) electrons. The maximum absolute atomic E-state index is 8.81. The molecule has 126 valence electrons. The van der Waals surface area contributed by atoms with E-state index in [9.17, 15) is 0 Å². The highest BCUT2D eigenvalue weighted by molar-refractivity contribution is 5.81. The van der Waals surface area contributed by atoms with Gasteiger partial charge in [0, 0.05) is 18.4 Å². The number of benzene rings is 3. The van der Waals surface area contributed by atoms with Gasteiger partial charge < -0.3 is 15.2 Å². The quantitative estimate of drug-likeness (QED) is 0.620. The van der Waals surface area contributed by atoms with Crippen molar-refractivity contribution in [2.75, 3.05) is 18.5 Å². The minimum absolute atomic E-state index is 0.108. The highest BCUT2D eigenvalue weighted by atomic mass is 16.5. The number of ether oxygens (including phenoxy) is 1. The van der Waals surface area contributed by atoms with Gasteiger partial charge in [0.1, 0.15) is 11.5 Å². The second-order valence-corrected chi connectivity index (χ2v) is 5.44. The fourth-order valence-electron chi connectivity index (χ4n) is 2.27. The van der Waals surface area contributed by atoms with Gasteiger partial charge in [-0.25, -0.2) is 0 Å². The first kappa shape index (κ1) is 16.7. The number of hydrogen-bond acceptors (Lipinski definition) is 4. The normalized spacial score (nSPS) is 10.8. The maximum Gasteiger partial charge on any atom is 0.127 e. The monoisotopic (exact) mass is 332 g/mol. The topological polar surface area (TPSA) is 53.8 Å². The third-order valence-corrected chi connectivity index (χ3v) is 3.53. The zero-order valence-corrected chi connectivity index (χ0v) is 13.8. The third-order valence-electron chi connectivity index (χ3n) is 3.53. The van der Waals surface area contributed by atoms with Gasteiger partial charge in [0.25, 0.3) is 0 Å². The number of anilines is 1. The molecule has 2 N–H and O–H groups in total. The van der Waals surface area contributed by atoms with Crippen LogP contribution in [0.15, 0.2) is 83.9 Å². The number of aliphatic imine (C=N–C) groups is 1. The van der Waals surface area contributed by atoms with Crippen LogP contribution < -0.4 is 10.1 Å². The SMILES string of the molecule is OCCNc1ccc(Oc2ccc(N=Cc3ccccc3)cc2)cc1. The molecule has 0 heterocycles. The predicted octanol–water partition coefficient (Wildman–Crippen LogP) is 4.63. The Morgan fingerprint density at radius 1 is 0.840 bits per heavy atom. The average molecular weight is 332 g/mol. The molecular formula is C21H20N2O2. The van der Waals surface area contributed by atoms with E-state index in [1.165, 1.54) is 0 Å². The number of rotatable bonds is 7. The van der Waals surface area contributed by atoms with Crippen molar-refractivity contribution in [3.63, 3.8) is 0 Å². The summed E-state index contributed by atoms with van der Waals surface area (Å²) in [5, 5.41) is 11.9. The smallest absolute Gasteiger partial charge is 0.127 e. The first-order valence-corrected chi connectivity index (χ1v) is 8.15. The summed E-state index contributed by atoms with van der Waals surface area (Å²) in [6, 6.07) is 25.3. The van der Waals surface area contributed by atoms with E-state index in [0.29, 0.717) is 6.54 Å². The largest absolute Gasteiger partial charge is 0.457 e. The molecule has 0 aromatic heterocycles. The Hall–Kier alpha value is -3.11. The minimum atomic E-state index is 0.108. The van der Waals surface area contributed by atoms with E-state index in [-0.39, 0.29) is 6.61 Å². The number of aliphatic hydroxyl groups excluding tert-OH is 1. The Bertz CT molecular complexity index is 798. The molecule has 3 aromatic carbocycles. The molecule has 0 unspecified atom stereocenters. The molecule has 4 heteroatoms. The van der Waals surface area contributed by atoms with Crippen molar-refractivity contribution < 1.29 is 9.84 Å². The first-order chi connectivity index (χ1) is 12.3. The fraction of sp³-hybridized carbons (Fsp3) is 0.0952. The Balaban J connectivity index is 1.59. The summed E-state index contributed by atoms with van der Waals surface area (Å²) >= 11 is 0. The van der Waals surface area contributed by atoms with Crippen molar-refractivity contribution in [1.82, 2.24) is 0 Å². The molecule has 0 spiro atoms. The molecular weight excluding hydrogens is 312 g/mol. The van der Waals surface area contributed by atoms with Crippen LogP contribution in [0.1, 0.15) is 5.56 Å². The second-order valence-electron chi connectivity index (χ2n) is 5.44. The molecule has 0 aliphatic carbocycles. The number of aliphatic hydroxyl groups is 1. The van der Waals surface area contributed by atoms with Crippen LogP contribution in [0.3, 0.4) is 0 Å². The lowest BCUT2D eigenvalue weighted by molar-refractivity contribution is 0.311. The predicted molar refractivity (Wildman–Crippen MR) is 102 cm³/mol. The van der Waals surface area contributed by atoms with Crippen LogP contribution in [0.2, 0.25) is 0 Å². The van der Waals surface area contributed by atoms with E-state index >= 15 is 0 Å². The van der Waals surface area contributed by atoms with Gasteiger partial charge >= 0.3 is 0 Å². The Morgan fingerprint density at radius 3 is 2.12 bits per heavy atom. The molecule has 0 amide bonds. The molecule has 0 fully saturated rings. The van der Waals surface area contributed by atoms with Crippen LogP contribution in [-0.4, -0.2) is 24.5 Å². The van der Waals surface area contributed by atoms with E-state index < -0.39 is 0 Å². The van der Waals surface area contributed by atoms with Crippen LogP contribution >= 0.6 is 0 Å². The molecule has 25 heavy (non-hydrogen) atoms. The van der Waals surface area contributed by atoms with Crippen molar-refractivity contribution in [1.29, 1.82) is 0 Å². The lowest BCUT2D eigenvalue weighted by atomic mass is 10.2. The van der Waals surface area contributed by atoms with Crippen molar-refractivity contribution in [3.8, 4) is 11.5 Å². The summed E-state index contributed by atoms with van der Waals surface area (Å²) in [4.78, 5) is 4.46. The molecule has 0 aliphatic heterocycles. The molecule has 0 saturated carbocycles. The van der Waals surface area contributed by atoms with E-state index in [1.807, 2.05) is 85.1 Å². The average Bonchev–Trinajstić information content (AvgIpc) is 2.68. The van der Waals surface area contributed by atoms with E-state index in [4.69, 9.17) is 9.84 Å². The van der Waals surface area contributed by atoms with Gasteiger partial charge in [-0.05, 0) is 54.1 Å². The first-order valence-electron chi connectivity index (χ1n) is 8.15. The number of nitrogens with zero attached hydrogens (tertiary/aromatic N) is 1. The summed E-state index contributed by atoms with van der Waals surface area (Å²) in [6.45, 7) is 0.641. The zero-order chi connectivity index (χ0) is 17.3. The van der Waals surface area contributed by atoms with E-state index in [0.717, 1.165) is 28.4 Å². The number of hydrogen-bond donors (Lipinski definition) is 2. The van der Waals surface area contributed by atoms with Gasteiger partial charge in [0.15, 0.2) is 0 Å². The number of nitrogens with one attached hydrogen (secondary N) is 1. The van der Waals surface area contributed by atoms with Crippen molar-refractivity contribution in [2.45, 2.75) is 0 Å². The lowest BCUT2D eigenvalue weighted by Gasteiger charge is -2.08. The molecule has 3 aromatic rings. The van der Waals surface area contributed by atoms with Crippen molar-refractivity contribution >= 4 is 17.6 Å². The van der Waals surface area contributed by atoms with Gasteiger partial charge in [-0.1, -0.05) is 30.3 Å². The third kappa shape index (κ3) is 5.19. The van der Waals surface area contributed by atoms with Gasteiger partial charge in [-0.15, -0.1) is 0 Å². The summed E-state index contributed by atoms with van der Waals surface area (Å²) < 4.78 is 5.83. The van der Waals surface area contributed by atoms with E-state index in [2.05, 4.69) is 10.3 Å². The lowest BCUT2D eigenvalue weighted by Crippen LogP contribution is -2.04. The summed E-state index contributed by atoms with van der Waals surface area (Å²) in [6.07, 6.45) is 1.84. The molecule has 4 nitrogen and oxygen atoms in total. The molecule has 3 rings (SSSR count). The summed E-state index contributed by atoms with van der Waals surface area (Å²) in [5.41, 5.74) is 2.89. The van der Waals surface area contributed by atoms with Gasteiger partial charge in [-0.2, -0.15) is 0 Å². The molecule has 0 atom stereocenters. The molecule has 0 bridgehead atoms.